The zero-order chi connectivity index (χ0) is 23.5. The molecular weight excluding hydrogens is 441 g/mol. The van der Waals surface area contributed by atoms with Gasteiger partial charge < -0.3 is 28.8 Å². The molecule has 7 nitrogen and oxygen atoms in total. The number of carbonyl (C=O) groups excluding carboxylic acids is 1. The van der Waals surface area contributed by atoms with E-state index >= 15 is 0 Å². The minimum absolute atomic E-state index is 0.206. The van der Waals surface area contributed by atoms with E-state index in [2.05, 4.69) is 5.32 Å². The molecule has 2 aliphatic rings. The molecule has 2 aliphatic heterocycles. The Bertz CT molecular complexity index is 968. The SMILES string of the molecule is CC1(C)OB(C(=Cc2csc(C3OCCO3)c2)CNC(=O)OCc2ccccc2)OC1(C)C. The smallest absolute Gasteiger partial charge is 0.445 e. The minimum Gasteiger partial charge on any atom is -0.445 e. The Hall–Kier alpha value is -2.17. The zero-order valence-electron chi connectivity index (χ0n) is 19.5. The van der Waals surface area contributed by atoms with Crippen molar-refractivity contribution in [3.63, 3.8) is 0 Å². The van der Waals surface area contributed by atoms with E-state index in [1.807, 2.05) is 75.5 Å². The highest BCUT2D eigenvalue weighted by Gasteiger charge is 2.52. The van der Waals surface area contributed by atoms with Crippen molar-refractivity contribution in [1.29, 1.82) is 0 Å². The molecule has 0 bridgehead atoms. The van der Waals surface area contributed by atoms with Crippen LogP contribution in [0.4, 0.5) is 4.79 Å². The first-order chi connectivity index (χ1) is 15.7. The molecule has 2 fully saturated rings. The Kier molecular flexibility index (Phi) is 7.26. The van der Waals surface area contributed by atoms with Crippen molar-refractivity contribution in [2.45, 2.75) is 51.8 Å². The lowest BCUT2D eigenvalue weighted by Gasteiger charge is -2.32. The lowest BCUT2D eigenvalue weighted by atomic mass is 9.77. The van der Waals surface area contributed by atoms with Gasteiger partial charge in [-0.3, -0.25) is 0 Å². The Balaban J connectivity index is 1.46. The first-order valence-electron chi connectivity index (χ1n) is 11.1. The highest BCUT2D eigenvalue weighted by molar-refractivity contribution is 7.10. The van der Waals surface area contributed by atoms with Crippen molar-refractivity contribution >= 4 is 30.6 Å². The number of benzene rings is 1. The van der Waals surface area contributed by atoms with E-state index in [0.717, 1.165) is 21.5 Å². The standard InChI is InChI=1S/C24H30BNO6S/c1-23(2)24(3,4)32-25(31-23)19(12-18-13-20(33-16-18)21-28-10-11-29-21)14-26-22(27)30-15-17-8-6-5-7-9-17/h5-9,12-13,16,21H,10-11,14-15H2,1-4H3,(H,26,27). The van der Waals surface area contributed by atoms with Crippen LogP contribution < -0.4 is 5.32 Å². The summed E-state index contributed by atoms with van der Waals surface area (Å²) in [5, 5.41) is 4.86. The predicted molar refractivity (Wildman–Crippen MR) is 128 cm³/mol. The second-order valence-electron chi connectivity index (χ2n) is 9.08. The largest absolute Gasteiger partial charge is 0.492 e. The maximum atomic E-state index is 12.3. The third-order valence-electron chi connectivity index (χ3n) is 6.05. The number of thiophene rings is 1. The first-order valence-corrected chi connectivity index (χ1v) is 11.9. The summed E-state index contributed by atoms with van der Waals surface area (Å²) in [5.74, 6) is 0. The molecule has 2 aromatic rings. The summed E-state index contributed by atoms with van der Waals surface area (Å²) in [6.07, 6.45) is 1.16. The summed E-state index contributed by atoms with van der Waals surface area (Å²) in [6, 6.07) is 11.6. The first kappa shape index (κ1) is 24.0. The molecule has 0 spiro atoms. The fraction of sp³-hybridized carbons (Fsp3) is 0.458. The molecular formula is C24H30BNO6S. The van der Waals surface area contributed by atoms with Gasteiger partial charge in [-0.15, -0.1) is 11.3 Å². The summed E-state index contributed by atoms with van der Waals surface area (Å²) < 4.78 is 29.0. The summed E-state index contributed by atoms with van der Waals surface area (Å²) in [4.78, 5) is 13.3. The molecule has 0 saturated carbocycles. The fourth-order valence-electron chi connectivity index (χ4n) is 3.45. The van der Waals surface area contributed by atoms with E-state index in [9.17, 15) is 4.79 Å². The second-order valence-corrected chi connectivity index (χ2v) is 10.0. The van der Waals surface area contributed by atoms with Crippen molar-refractivity contribution in [1.82, 2.24) is 5.32 Å². The van der Waals surface area contributed by atoms with Gasteiger partial charge >= 0.3 is 13.2 Å². The van der Waals surface area contributed by atoms with Crippen LogP contribution in [0.1, 0.15) is 50.0 Å². The average Bonchev–Trinajstić information content (AvgIpc) is 3.50. The predicted octanol–water partition coefficient (Wildman–Crippen LogP) is 4.73. The van der Waals surface area contributed by atoms with E-state index < -0.39 is 24.4 Å². The number of hydrogen-bond acceptors (Lipinski definition) is 7. The third-order valence-corrected chi connectivity index (χ3v) is 7.02. The summed E-state index contributed by atoms with van der Waals surface area (Å²) in [5.41, 5.74) is 1.71. The van der Waals surface area contributed by atoms with Crippen LogP contribution >= 0.6 is 11.3 Å². The molecule has 0 atom stereocenters. The monoisotopic (exact) mass is 471 g/mol. The molecule has 0 unspecified atom stereocenters. The van der Waals surface area contributed by atoms with E-state index in [1.54, 1.807) is 11.3 Å². The highest BCUT2D eigenvalue weighted by Crippen LogP contribution is 2.39. The van der Waals surface area contributed by atoms with Gasteiger partial charge in [0.15, 0.2) is 6.29 Å². The van der Waals surface area contributed by atoms with Gasteiger partial charge in [-0.2, -0.15) is 0 Å². The quantitative estimate of drug-likeness (QED) is 0.589. The molecule has 1 amide bonds. The van der Waals surface area contributed by atoms with E-state index in [1.165, 1.54) is 0 Å². The van der Waals surface area contributed by atoms with Gasteiger partial charge in [0.25, 0.3) is 0 Å². The zero-order valence-corrected chi connectivity index (χ0v) is 20.3. The van der Waals surface area contributed by atoms with Gasteiger partial charge in [-0.05, 0) is 55.7 Å². The van der Waals surface area contributed by atoms with Crippen molar-refractivity contribution in [3.8, 4) is 0 Å². The molecule has 1 aromatic heterocycles. The fourth-order valence-corrected chi connectivity index (χ4v) is 4.31. The number of ether oxygens (including phenoxy) is 3. The minimum atomic E-state index is -0.591. The Morgan fingerprint density at radius 3 is 2.48 bits per heavy atom. The van der Waals surface area contributed by atoms with Crippen molar-refractivity contribution < 1.29 is 28.3 Å². The van der Waals surface area contributed by atoms with Gasteiger partial charge in [0.1, 0.15) is 6.61 Å². The maximum Gasteiger partial charge on any atom is 0.492 e. The van der Waals surface area contributed by atoms with Crippen molar-refractivity contribution in [2.24, 2.45) is 0 Å². The van der Waals surface area contributed by atoms with E-state index in [0.29, 0.717) is 13.2 Å². The van der Waals surface area contributed by atoms with Crippen LogP contribution in [0.15, 0.2) is 47.3 Å². The lowest BCUT2D eigenvalue weighted by Crippen LogP contribution is -2.41. The van der Waals surface area contributed by atoms with Gasteiger partial charge in [0, 0.05) is 6.54 Å². The third kappa shape index (κ3) is 5.85. The second kappa shape index (κ2) is 9.99. The molecule has 1 N–H and O–H groups in total. The normalized spacial score (nSPS) is 20.2. The number of rotatable bonds is 7. The number of nitrogens with one attached hydrogen (secondary N) is 1. The van der Waals surface area contributed by atoms with Gasteiger partial charge in [-0.25, -0.2) is 4.79 Å². The Morgan fingerprint density at radius 2 is 1.82 bits per heavy atom. The van der Waals surface area contributed by atoms with Gasteiger partial charge in [0.05, 0.1) is 29.3 Å². The highest BCUT2D eigenvalue weighted by atomic mass is 32.1. The molecule has 9 heteroatoms. The molecule has 1 aromatic carbocycles. The molecule has 0 radical (unpaired) electrons. The molecule has 33 heavy (non-hydrogen) atoms. The molecule has 176 valence electrons. The maximum absolute atomic E-state index is 12.3. The van der Waals surface area contributed by atoms with Crippen LogP contribution in [0.5, 0.6) is 0 Å². The number of hydrogen-bond donors (Lipinski definition) is 1. The molecule has 2 saturated heterocycles. The van der Waals surface area contributed by atoms with Crippen LogP contribution in [0.25, 0.3) is 6.08 Å². The molecule has 4 rings (SSSR count). The van der Waals surface area contributed by atoms with E-state index in [-0.39, 0.29) is 19.4 Å². The summed E-state index contributed by atoms with van der Waals surface area (Å²) in [7, 11) is -0.591. The average molecular weight is 471 g/mol. The Morgan fingerprint density at radius 1 is 1.15 bits per heavy atom. The van der Waals surface area contributed by atoms with Gasteiger partial charge in [-0.1, -0.05) is 36.4 Å². The van der Waals surface area contributed by atoms with Crippen molar-refractivity contribution in [3.05, 3.63) is 63.3 Å². The van der Waals surface area contributed by atoms with Crippen LogP contribution in [0.3, 0.4) is 0 Å². The summed E-state index contributed by atoms with van der Waals surface area (Å²) >= 11 is 1.57. The Labute approximate surface area is 199 Å². The topological polar surface area (TPSA) is 75.2 Å². The molecule has 3 heterocycles. The van der Waals surface area contributed by atoms with Crippen molar-refractivity contribution in [2.75, 3.05) is 19.8 Å². The summed E-state index contributed by atoms with van der Waals surface area (Å²) in [6.45, 7) is 9.65. The van der Waals surface area contributed by atoms with Crippen LogP contribution in [-0.4, -0.2) is 44.2 Å². The number of amides is 1. The number of alkyl carbamates (subject to hydrolysis) is 1. The van der Waals surface area contributed by atoms with Crippen LogP contribution in [0.2, 0.25) is 0 Å². The van der Waals surface area contributed by atoms with E-state index in [4.69, 9.17) is 23.5 Å². The van der Waals surface area contributed by atoms with Crippen LogP contribution in [-0.2, 0) is 30.1 Å². The lowest BCUT2D eigenvalue weighted by molar-refractivity contribution is -0.0413. The van der Waals surface area contributed by atoms with Gasteiger partial charge in [0.2, 0.25) is 0 Å². The molecule has 0 aliphatic carbocycles. The number of carbonyl (C=O) groups is 1. The van der Waals surface area contributed by atoms with Crippen LogP contribution in [0, 0.1) is 0 Å².